The Labute approximate surface area is 225 Å². The molecular weight excluding hydrogens is 571 g/mol. The number of allylic oxidation sites excluding steroid dienone is 4. The van der Waals surface area contributed by atoms with Gasteiger partial charge in [-0.2, -0.15) is 0 Å². The zero-order valence-corrected chi connectivity index (χ0v) is 25.6. The van der Waals surface area contributed by atoms with E-state index in [1.54, 1.807) is 0 Å². The Hall–Kier alpha value is -2.18. The van der Waals surface area contributed by atoms with E-state index in [-0.39, 0.29) is 0 Å². The maximum atomic E-state index is 6.51. The monoisotopic (exact) mass is 600 g/mol. The Balaban J connectivity index is 0.000000194. The summed E-state index contributed by atoms with van der Waals surface area (Å²) in [6.07, 6.45) is 7.14. The van der Waals surface area contributed by atoms with Gasteiger partial charge in [-0.1, -0.05) is 97.1 Å². The van der Waals surface area contributed by atoms with Gasteiger partial charge in [0.2, 0.25) is 0 Å². The molecule has 0 spiro atoms. The molecule has 4 aromatic rings. The van der Waals surface area contributed by atoms with Crippen molar-refractivity contribution in [2.75, 3.05) is 0 Å². The second-order valence-corrected chi connectivity index (χ2v) is 50.8. The van der Waals surface area contributed by atoms with E-state index in [9.17, 15) is 0 Å². The minimum absolute atomic E-state index is 0.382. The van der Waals surface area contributed by atoms with Gasteiger partial charge < -0.3 is 0 Å². The van der Waals surface area contributed by atoms with E-state index in [2.05, 4.69) is 109 Å². The van der Waals surface area contributed by atoms with Crippen molar-refractivity contribution in [2.45, 2.75) is 32.2 Å². The molecule has 7 rings (SSSR count). The molecule has 4 aromatic carbocycles. The van der Waals surface area contributed by atoms with Gasteiger partial charge in [0.15, 0.2) is 0 Å². The van der Waals surface area contributed by atoms with Crippen LogP contribution in [0.15, 0.2) is 119 Å². The van der Waals surface area contributed by atoms with Crippen LogP contribution in [0.2, 0.25) is 13.9 Å². The Morgan fingerprint density at radius 1 is 0.541 bits per heavy atom. The fourth-order valence-corrected chi connectivity index (χ4v) is 11.9. The van der Waals surface area contributed by atoms with Crippen LogP contribution in [0, 0.1) is 0 Å². The van der Waals surface area contributed by atoms with Gasteiger partial charge in [0.05, 0.1) is 0 Å². The van der Waals surface area contributed by atoms with Gasteiger partial charge >= 0.3 is 73.8 Å². The molecule has 0 saturated carbocycles. The van der Waals surface area contributed by atoms with Gasteiger partial charge in [0.25, 0.3) is 0 Å². The molecule has 0 fully saturated rings. The van der Waals surface area contributed by atoms with Crippen LogP contribution >= 0.6 is 17.0 Å². The average molecular weight is 603 g/mol. The van der Waals surface area contributed by atoms with Gasteiger partial charge in [0.1, 0.15) is 0 Å². The first-order chi connectivity index (χ1) is 17.5. The summed E-state index contributed by atoms with van der Waals surface area (Å²) in [4.78, 5) is 0. The summed E-state index contributed by atoms with van der Waals surface area (Å²) in [5.74, 6) is 0.763. The molecule has 0 N–H and O–H groups in total. The second-order valence-electron chi connectivity index (χ2n) is 12.3. The van der Waals surface area contributed by atoms with Crippen LogP contribution in [0.3, 0.4) is 0 Å². The van der Waals surface area contributed by atoms with Crippen molar-refractivity contribution in [3.8, 4) is 22.3 Å². The fourth-order valence-electron chi connectivity index (χ4n) is 6.25. The molecule has 3 aliphatic carbocycles. The predicted octanol–water partition coefficient (Wildman–Crippen LogP) is 11.1. The number of rotatable bonds is 2. The molecule has 0 radical (unpaired) electrons. The first-order valence-electron chi connectivity index (χ1n) is 13.1. The third-order valence-corrected chi connectivity index (χ3v) is 17.8. The molecule has 0 amide bonds. The molecule has 0 aromatic heterocycles. The molecule has 0 nitrogen and oxygen atoms in total. The Morgan fingerprint density at radius 3 is 1.11 bits per heavy atom. The first kappa shape index (κ1) is 25.1. The van der Waals surface area contributed by atoms with Crippen LogP contribution in [-0.2, 0) is 14.9 Å². The largest absolute Gasteiger partial charge is 0.0619 e. The standard InChI is InChI=1S/C26H18.C5H5.3CH3.2ClH.Zr/c1-5-13-21-17(9-1)18-10-2-6-14-22(18)25(21)26-23-15-7-3-11-19(23)20-12-4-8-16-24(20)26;1-2-4-5-3-1;;;;;;/h1-16,25-26H;1-3H,4H2;3*1H3;2*1H;/q;;;;;;;+2/p-2. The minimum atomic E-state index is -3.83. The second kappa shape index (κ2) is 8.41. The molecule has 37 heavy (non-hydrogen) atoms. The molecule has 0 heterocycles. The van der Waals surface area contributed by atoms with Gasteiger partial charge in [-0.25, -0.2) is 0 Å². The fraction of sp³-hybridized carbons (Fsp3) is 0.176. The van der Waals surface area contributed by atoms with E-state index < -0.39 is 14.9 Å². The van der Waals surface area contributed by atoms with E-state index in [4.69, 9.17) is 17.0 Å². The third kappa shape index (κ3) is 4.54. The summed E-state index contributed by atoms with van der Waals surface area (Å²) in [6, 6.07) is 35.8. The van der Waals surface area contributed by atoms with E-state index in [1.165, 1.54) is 47.8 Å². The summed E-state index contributed by atoms with van der Waals surface area (Å²) < 4.78 is 7.34. The van der Waals surface area contributed by atoms with E-state index in [1.807, 2.05) is 20.0 Å². The number of hydrogen-bond acceptors (Lipinski definition) is 0. The average Bonchev–Trinajstić information content (AvgIpc) is 3.60. The molecule has 0 aliphatic heterocycles. The zero-order valence-electron chi connectivity index (χ0n) is 21.6. The van der Waals surface area contributed by atoms with E-state index >= 15 is 0 Å². The van der Waals surface area contributed by atoms with Crippen LogP contribution < -0.4 is 0 Å². The molecule has 0 bridgehead atoms. The summed E-state index contributed by atoms with van der Waals surface area (Å²) in [6.45, 7) is 0. The molecular formula is C34H32Cl2Zr. The van der Waals surface area contributed by atoms with Gasteiger partial charge in [-0.05, 0) is 44.5 Å². The molecule has 0 unspecified atom stereocenters. The Bertz CT molecular complexity index is 1410. The molecule has 0 atom stereocenters. The summed E-state index contributed by atoms with van der Waals surface area (Å²) in [5, 5.41) is 0. The molecule has 3 heteroatoms. The van der Waals surface area contributed by atoms with Crippen LogP contribution in [0.25, 0.3) is 22.3 Å². The number of benzene rings is 4. The van der Waals surface area contributed by atoms with E-state index in [0.29, 0.717) is 11.8 Å². The Kier molecular flexibility index (Phi) is 5.71. The van der Waals surface area contributed by atoms with Crippen molar-refractivity contribution in [1.29, 1.82) is 0 Å². The smallest absolute Gasteiger partial charge is 0.0211 e. The normalized spacial score (nSPS) is 17.5. The topological polar surface area (TPSA) is 0 Å². The molecule has 3 aliphatic rings. The summed E-state index contributed by atoms with van der Waals surface area (Å²) >= 11 is -3.83. The van der Waals surface area contributed by atoms with Crippen LogP contribution in [-0.4, -0.2) is 0 Å². The van der Waals surface area contributed by atoms with Crippen molar-refractivity contribution in [3.63, 3.8) is 0 Å². The zero-order chi connectivity index (χ0) is 25.9. The van der Waals surface area contributed by atoms with Crippen molar-refractivity contribution in [1.82, 2.24) is 0 Å². The van der Waals surface area contributed by atoms with E-state index in [0.717, 1.165) is 6.42 Å². The maximum absolute atomic E-state index is 6.51. The van der Waals surface area contributed by atoms with Crippen molar-refractivity contribution in [2.24, 2.45) is 0 Å². The molecule has 186 valence electrons. The van der Waals surface area contributed by atoms with Crippen LogP contribution in [0.4, 0.5) is 0 Å². The summed E-state index contributed by atoms with van der Waals surface area (Å²) in [7, 11) is 13.0. The predicted molar refractivity (Wildman–Crippen MR) is 159 cm³/mol. The van der Waals surface area contributed by atoms with Crippen LogP contribution in [0.5, 0.6) is 0 Å². The van der Waals surface area contributed by atoms with Crippen molar-refractivity contribution >= 4 is 17.0 Å². The molecule has 0 saturated heterocycles. The Morgan fingerprint density at radius 2 is 0.865 bits per heavy atom. The first-order valence-corrected chi connectivity index (χ1v) is 28.1. The minimum Gasteiger partial charge on any atom is -0.0619 e. The van der Waals surface area contributed by atoms with Crippen molar-refractivity contribution in [3.05, 3.63) is 141 Å². The van der Waals surface area contributed by atoms with Gasteiger partial charge in [-0.3, -0.25) is 0 Å². The van der Waals surface area contributed by atoms with Crippen molar-refractivity contribution < 1.29 is 14.9 Å². The quantitative estimate of drug-likeness (QED) is 0.214. The number of halogens is 2. The van der Waals surface area contributed by atoms with Crippen LogP contribution in [0.1, 0.15) is 40.5 Å². The third-order valence-electron chi connectivity index (χ3n) is 8.07. The number of hydrogen-bond donors (Lipinski definition) is 0. The van der Waals surface area contributed by atoms with Gasteiger partial charge in [0, 0.05) is 11.8 Å². The number of fused-ring (bicyclic) bond motifs is 6. The maximum Gasteiger partial charge on any atom is 0.0211 e. The SMILES string of the molecule is [CH3][Zr]([CH3])([CH3])([Cl])([Cl])[C]1=CC=CC1.c1ccc2c(c1)-c1ccccc1C2C1c2ccccc2-c2ccccc21. The summed E-state index contributed by atoms with van der Waals surface area (Å²) in [5.41, 5.74) is 11.4. The van der Waals surface area contributed by atoms with Gasteiger partial charge in [-0.15, -0.1) is 0 Å².